The molecule has 2 aromatic carbocycles. The van der Waals surface area contributed by atoms with Gasteiger partial charge in [0.15, 0.2) is 0 Å². The van der Waals surface area contributed by atoms with Gasteiger partial charge in [0.2, 0.25) is 5.91 Å². The molecule has 1 aliphatic carbocycles. The average molecular weight is 337 g/mol. The molecule has 0 saturated heterocycles. The Hall–Kier alpha value is -2.82. The van der Waals surface area contributed by atoms with Crippen molar-refractivity contribution in [2.45, 2.75) is 25.3 Å². The van der Waals surface area contributed by atoms with Crippen LogP contribution in [-0.2, 0) is 11.2 Å². The van der Waals surface area contributed by atoms with Crippen molar-refractivity contribution in [1.29, 1.82) is 0 Å². The fraction of sp³-hybridized carbons (Fsp3) is 0.300. The van der Waals surface area contributed by atoms with E-state index >= 15 is 0 Å². The van der Waals surface area contributed by atoms with Crippen molar-refractivity contribution in [1.82, 2.24) is 4.90 Å². The van der Waals surface area contributed by atoms with Gasteiger partial charge in [0.05, 0.1) is 18.2 Å². The van der Waals surface area contributed by atoms with Crippen LogP contribution in [-0.4, -0.2) is 30.3 Å². The number of para-hydroxylation sites is 1. The molecule has 0 aromatic heterocycles. The lowest BCUT2D eigenvalue weighted by molar-refractivity contribution is -0.130. The van der Waals surface area contributed by atoms with Crippen LogP contribution in [0.1, 0.15) is 40.4 Å². The number of primary amides is 1. The third kappa shape index (κ3) is 3.65. The molecule has 1 unspecified atom stereocenters. The normalized spacial score (nSPS) is 16.0. The highest BCUT2D eigenvalue weighted by molar-refractivity contribution is 5.99. The van der Waals surface area contributed by atoms with E-state index in [1.54, 1.807) is 29.2 Å². The number of nitrogens with zero attached hydrogens (tertiary/aromatic N) is 1. The zero-order valence-corrected chi connectivity index (χ0v) is 14.4. The van der Waals surface area contributed by atoms with Crippen LogP contribution in [0, 0.1) is 0 Å². The van der Waals surface area contributed by atoms with Gasteiger partial charge >= 0.3 is 0 Å². The van der Waals surface area contributed by atoms with Gasteiger partial charge in [-0.25, -0.2) is 0 Å². The van der Waals surface area contributed by atoms with Gasteiger partial charge in [0.1, 0.15) is 0 Å². The zero-order valence-electron chi connectivity index (χ0n) is 14.4. The summed E-state index contributed by atoms with van der Waals surface area (Å²) in [6, 6.07) is 15.4. The third-order valence-corrected chi connectivity index (χ3v) is 4.82. The Morgan fingerprint density at radius 1 is 1.16 bits per heavy atom. The molecule has 1 aliphatic rings. The first-order chi connectivity index (χ1) is 12.1. The number of nitrogens with one attached hydrogen (secondary N) is 1. The van der Waals surface area contributed by atoms with Gasteiger partial charge in [-0.3, -0.25) is 9.59 Å². The van der Waals surface area contributed by atoms with E-state index in [0.717, 1.165) is 19.3 Å². The molecule has 0 radical (unpaired) electrons. The van der Waals surface area contributed by atoms with Gasteiger partial charge in [0, 0.05) is 12.7 Å². The molecule has 25 heavy (non-hydrogen) atoms. The molecule has 0 aliphatic heterocycles. The first kappa shape index (κ1) is 17.0. The predicted molar refractivity (Wildman–Crippen MR) is 98.3 cm³/mol. The van der Waals surface area contributed by atoms with Gasteiger partial charge in [0.25, 0.3) is 5.91 Å². The standard InChI is InChI=1S/C20H23N3O2/c1-23(18-12-6-8-14-7-2-3-9-15(14)18)19(24)13-22-17-11-5-4-10-16(17)20(21)25/h2-5,7,9-11,18,22H,6,8,12-13H2,1H3,(H2,21,25). The van der Waals surface area contributed by atoms with Crippen molar-refractivity contribution >= 4 is 17.5 Å². The maximum atomic E-state index is 12.7. The summed E-state index contributed by atoms with van der Waals surface area (Å²) in [5.74, 6) is -0.522. The highest BCUT2D eigenvalue weighted by Crippen LogP contribution is 2.33. The largest absolute Gasteiger partial charge is 0.376 e. The topological polar surface area (TPSA) is 75.4 Å². The van der Waals surface area contributed by atoms with Gasteiger partial charge in [-0.1, -0.05) is 36.4 Å². The fourth-order valence-corrected chi connectivity index (χ4v) is 3.45. The van der Waals surface area contributed by atoms with Gasteiger partial charge < -0.3 is 16.0 Å². The molecule has 5 nitrogen and oxygen atoms in total. The number of rotatable bonds is 5. The molecule has 0 saturated carbocycles. The predicted octanol–water partition coefficient (Wildman–Crippen LogP) is 2.73. The number of hydrogen-bond donors (Lipinski definition) is 2. The van der Waals surface area contributed by atoms with Crippen LogP contribution in [0.4, 0.5) is 5.69 Å². The second-order valence-electron chi connectivity index (χ2n) is 6.37. The number of fused-ring (bicyclic) bond motifs is 1. The first-order valence-electron chi connectivity index (χ1n) is 8.54. The van der Waals surface area contributed by atoms with E-state index in [1.807, 2.05) is 19.2 Å². The minimum Gasteiger partial charge on any atom is -0.376 e. The van der Waals surface area contributed by atoms with Gasteiger partial charge in [-0.2, -0.15) is 0 Å². The Morgan fingerprint density at radius 2 is 1.88 bits per heavy atom. The number of likely N-dealkylation sites (N-methyl/N-ethyl adjacent to an activating group) is 1. The van der Waals surface area contributed by atoms with Crippen molar-refractivity contribution in [2.24, 2.45) is 5.73 Å². The minimum atomic E-state index is -0.509. The Balaban J connectivity index is 1.69. The summed E-state index contributed by atoms with van der Waals surface area (Å²) in [6.07, 6.45) is 3.12. The van der Waals surface area contributed by atoms with E-state index in [4.69, 9.17) is 5.73 Å². The zero-order chi connectivity index (χ0) is 17.8. The molecule has 1 atom stereocenters. The number of carbonyl (C=O) groups excluding carboxylic acids is 2. The SMILES string of the molecule is CN(C(=O)CNc1ccccc1C(N)=O)C1CCCc2ccccc21. The van der Waals surface area contributed by atoms with E-state index in [0.29, 0.717) is 11.3 Å². The number of anilines is 1. The van der Waals surface area contributed by atoms with E-state index in [9.17, 15) is 9.59 Å². The van der Waals surface area contributed by atoms with Crippen LogP contribution in [0.25, 0.3) is 0 Å². The van der Waals surface area contributed by atoms with Gasteiger partial charge in [-0.05, 0) is 42.5 Å². The number of benzene rings is 2. The molecule has 130 valence electrons. The average Bonchev–Trinajstić information content (AvgIpc) is 2.65. The van der Waals surface area contributed by atoms with Crippen molar-refractivity contribution in [2.75, 3.05) is 18.9 Å². The quantitative estimate of drug-likeness (QED) is 0.881. The molecule has 0 spiro atoms. The van der Waals surface area contributed by atoms with Crippen molar-refractivity contribution in [3.8, 4) is 0 Å². The number of carbonyl (C=O) groups is 2. The molecule has 0 heterocycles. The molecule has 0 fully saturated rings. The molecule has 2 aromatic rings. The molecule has 3 rings (SSSR count). The lowest BCUT2D eigenvalue weighted by Crippen LogP contribution is -2.37. The van der Waals surface area contributed by atoms with Crippen molar-refractivity contribution in [3.63, 3.8) is 0 Å². The highest BCUT2D eigenvalue weighted by atomic mass is 16.2. The summed E-state index contributed by atoms with van der Waals surface area (Å²) < 4.78 is 0. The Bertz CT molecular complexity index is 788. The summed E-state index contributed by atoms with van der Waals surface area (Å²) in [7, 11) is 1.84. The van der Waals surface area contributed by atoms with Crippen LogP contribution in [0.2, 0.25) is 0 Å². The van der Waals surface area contributed by atoms with Crippen LogP contribution in [0.3, 0.4) is 0 Å². The minimum absolute atomic E-state index is 0.0130. The Labute approximate surface area is 147 Å². The smallest absolute Gasteiger partial charge is 0.250 e. The van der Waals surface area contributed by atoms with E-state index in [1.165, 1.54) is 11.1 Å². The summed E-state index contributed by atoms with van der Waals surface area (Å²) >= 11 is 0. The van der Waals surface area contributed by atoms with Crippen molar-refractivity contribution < 1.29 is 9.59 Å². The molecular weight excluding hydrogens is 314 g/mol. The van der Waals surface area contributed by atoms with Crippen LogP contribution in [0.5, 0.6) is 0 Å². The molecular formula is C20H23N3O2. The van der Waals surface area contributed by atoms with Crippen LogP contribution in [0.15, 0.2) is 48.5 Å². The second-order valence-corrected chi connectivity index (χ2v) is 6.37. The van der Waals surface area contributed by atoms with E-state index in [-0.39, 0.29) is 18.5 Å². The van der Waals surface area contributed by atoms with Crippen LogP contribution >= 0.6 is 0 Å². The third-order valence-electron chi connectivity index (χ3n) is 4.82. The molecule has 2 amide bonds. The lowest BCUT2D eigenvalue weighted by atomic mass is 9.87. The maximum Gasteiger partial charge on any atom is 0.250 e. The monoisotopic (exact) mass is 337 g/mol. The van der Waals surface area contributed by atoms with Gasteiger partial charge in [-0.15, -0.1) is 0 Å². The number of nitrogens with two attached hydrogens (primary N) is 1. The molecule has 0 bridgehead atoms. The maximum absolute atomic E-state index is 12.7. The molecule has 3 N–H and O–H groups in total. The fourth-order valence-electron chi connectivity index (χ4n) is 3.45. The highest BCUT2D eigenvalue weighted by Gasteiger charge is 2.26. The number of amides is 2. The summed E-state index contributed by atoms with van der Waals surface area (Å²) in [5, 5.41) is 3.05. The lowest BCUT2D eigenvalue weighted by Gasteiger charge is -2.33. The second kappa shape index (κ2) is 7.38. The first-order valence-corrected chi connectivity index (χ1v) is 8.54. The van der Waals surface area contributed by atoms with E-state index in [2.05, 4.69) is 17.4 Å². The van der Waals surface area contributed by atoms with Crippen LogP contribution < -0.4 is 11.1 Å². The number of aryl methyl sites for hydroxylation is 1. The van der Waals surface area contributed by atoms with E-state index < -0.39 is 5.91 Å². The number of hydrogen-bond acceptors (Lipinski definition) is 3. The summed E-state index contributed by atoms with van der Waals surface area (Å²) in [4.78, 5) is 25.9. The Kier molecular flexibility index (Phi) is 5.03. The molecule has 5 heteroatoms. The van der Waals surface area contributed by atoms with Crippen molar-refractivity contribution in [3.05, 3.63) is 65.2 Å². The summed E-state index contributed by atoms with van der Waals surface area (Å²) in [6.45, 7) is 0.124. The summed E-state index contributed by atoms with van der Waals surface area (Å²) in [5.41, 5.74) is 8.91. The Morgan fingerprint density at radius 3 is 2.68 bits per heavy atom.